The molecule has 0 unspecified atom stereocenters. The lowest BCUT2D eigenvalue weighted by atomic mass is 10.3. The third-order valence-corrected chi connectivity index (χ3v) is 3.01. The van der Waals surface area contributed by atoms with Crippen molar-refractivity contribution in [1.29, 1.82) is 0 Å². The normalized spacial score (nSPS) is 10.3. The lowest BCUT2D eigenvalue weighted by molar-refractivity contribution is 0.0702. The summed E-state index contributed by atoms with van der Waals surface area (Å²) in [6, 6.07) is 1.70. The second kappa shape index (κ2) is 5.72. The summed E-state index contributed by atoms with van der Waals surface area (Å²) in [5.74, 6) is -0.867. The lowest BCUT2D eigenvalue weighted by Crippen LogP contribution is -2.26. The van der Waals surface area contributed by atoms with Gasteiger partial charge in [-0.3, -0.25) is 0 Å². The van der Waals surface area contributed by atoms with E-state index >= 15 is 0 Å². The molecule has 1 aromatic rings. The van der Waals surface area contributed by atoms with Gasteiger partial charge in [-0.15, -0.1) is 11.3 Å². The van der Waals surface area contributed by atoms with Crippen LogP contribution in [0.2, 0.25) is 0 Å². The molecule has 0 bridgehead atoms. The monoisotopic (exact) mass is 229 g/mol. The van der Waals surface area contributed by atoms with Gasteiger partial charge in [0.15, 0.2) is 0 Å². The standard InChI is InChI=1S/C10H15NO3S/c1-3-11(4-5-14-2)8-6-9(10(12)13)15-7-8/h6-7H,3-5H2,1-2H3,(H,12,13). The quantitative estimate of drug-likeness (QED) is 0.809. The third-order valence-electron chi connectivity index (χ3n) is 2.11. The largest absolute Gasteiger partial charge is 0.477 e. The summed E-state index contributed by atoms with van der Waals surface area (Å²) >= 11 is 1.25. The summed E-state index contributed by atoms with van der Waals surface area (Å²) in [6.45, 7) is 4.31. The number of hydrogen-bond donors (Lipinski definition) is 1. The highest BCUT2D eigenvalue weighted by Gasteiger charge is 2.10. The van der Waals surface area contributed by atoms with Gasteiger partial charge in [0.25, 0.3) is 0 Å². The van der Waals surface area contributed by atoms with E-state index in [0.29, 0.717) is 11.5 Å². The van der Waals surface area contributed by atoms with Gasteiger partial charge in [-0.05, 0) is 13.0 Å². The number of hydrogen-bond acceptors (Lipinski definition) is 4. The highest BCUT2D eigenvalue weighted by molar-refractivity contribution is 7.12. The van der Waals surface area contributed by atoms with Gasteiger partial charge in [0.05, 0.1) is 6.61 Å². The van der Waals surface area contributed by atoms with E-state index in [-0.39, 0.29) is 0 Å². The van der Waals surface area contributed by atoms with Crippen LogP contribution in [0.1, 0.15) is 16.6 Å². The van der Waals surface area contributed by atoms with Crippen molar-refractivity contribution in [3.63, 3.8) is 0 Å². The molecule has 1 rings (SSSR count). The van der Waals surface area contributed by atoms with Gasteiger partial charge in [0.2, 0.25) is 0 Å². The maximum Gasteiger partial charge on any atom is 0.345 e. The number of methoxy groups -OCH3 is 1. The molecule has 0 saturated carbocycles. The van der Waals surface area contributed by atoms with Crippen molar-refractivity contribution in [2.75, 3.05) is 31.7 Å². The highest BCUT2D eigenvalue weighted by Crippen LogP contribution is 2.22. The molecular weight excluding hydrogens is 214 g/mol. The van der Waals surface area contributed by atoms with Gasteiger partial charge in [-0.25, -0.2) is 4.79 Å². The van der Waals surface area contributed by atoms with E-state index in [4.69, 9.17) is 9.84 Å². The fraction of sp³-hybridized carbons (Fsp3) is 0.500. The molecule has 5 heteroatoms. The van der Waals surface area contributed by atoms with Crippen molar-refractivity contribution in [3.05, 3.63) is 16.3 Å². The Balaban J connectivity index is 2.69. The molecule has 0 amide bonds. The third kappa shape index (κ3) is 3.21. The Bertz CT molecular complexity index is 324. The van der Waals surface area contributed by atoms with Gasteiger partial charge >= 0.3 is 5.97 Å². The first kappa shape index (κ1) is 12.0. The minimum absolute atomic E-state index is 0.376. The van der Waals surface area contributed by atoms with E-state index in [1.54, 1.807) is 13.2 Å². The molecule has 0 aliphatic heterocycles. The van der Waals surface area contributed by atoms with Gasteiger partial charge in [0.1, 0.15) is 4.88 Å². The SMILES string of the molecule is CCN(CCOC)c1csc(C(=O)O)c1. The molecule has 0 radical (unpaired) electrons. The Morgan fingerprint density at radius 2 is 2.40 bits per heavy atom. The predicted octanol–water partition coefficient (Wildman–Crippen LogP) is 1.92. The van der Waals surface area contributed by atoms with Crippen LogP contribution in [0.25, 0.3) is 0 Å². The molecule has 15 heavy (non-hydrogen) atoms. The second-order valence-corrected chi connectivity index (χ2v) is 3.96. The van der Waals surface area contributed by atoms with Crippen molar-refractivity contribution in [2.24, 2.45) is 0 Å². The summed E-state index contributed by atoms with van der Waals surface area (Å²) in [5, 5.41) is 10.7. The minimum atomic E-state index is -0.867. The molecular formula is C10H15NO3S. The number of thiophene rings is 1. The Kier molecular flexibility index (Phi) is 4.58. The number of likely N-dealkylation sites (N-methyl/N-ethyl adjacent to an activating group) is 1. The molecule has 1 heterocycles. The van der Waals surface area contributed by atoms with Crippen molar-refractivity contribution in [3.8, 4) is 0 Å². The molecule has 0 saturated heterocycles. The van der Waals surface area contributed by atoms with E-state index < -0.39 is 5.97 Å². The fourth-order valence-corrected chi connectivity index (χ4v) is 2.03. The van der Waals surface area contributed by atoms with E-state index in [9.17, 15) is 4.79 Å². The number of carboxylic acids is 1. The molecule has 0 atom stereocenters. The van der Waals surface area contributed by atoms with Crippen LogP contribution in [0.4, 0.5) is 5.69 Å². The topological polar surface area (TPSA) is 49.8 Å². The van der Waals surface area contributed by atoms with Gasteiger partial charge in [0, 0.05) is 31.3 Å². The van der Waals surface area contributed by atoms with Crippen LogP contribution in [0.15, 0.2) is 11.4 Å². The maximum absolute atomic E-state index is 10.7. The molecule has 0 aliphatic rings. The molecule has 1 N–H and O–H groups in total. The first-order valence-electron chi connectivity index (χ1n) is 4.74. The summed E-state index contributed by atoms with van der Waals surface area (Å²) in [5.41, 5.74) is 0.956. The van der Waals surface area contributed by atoms with Gasteiger partial charge < -0.3 is 14.7 Å². The zero-order valence-electron chi connectivity index (χ0n) is 8.90. The average molecular weight is 229 g/mol. The molecule has 0 spiro atoms. The highest BCUT2D eigenvalue weighted by atomic mass is 32.1. The summed E-state index contributed by atoms with van der Waals surface area (Å²) in [6.07, 6.45) is 0. The van der Waals surface area contributed by atoms with Crippen LogP contribution in [0.5, 0.6) is 0 Å². The van der Waals surface area contributed by atoms with E-state index in [1.165, 1.54) is 11.3 Å². The van der Waals surface area contributed by atoms with Gasteiger partial charge in [-0.1, -0.05) is 0 Å². The zero-order valence-corrected chi connectivity index (χ0v) is 9.71. The van der Waals surface area contributed by atoms with Crippen LogP contribution in [0.3, 0.4) is 0 Å². The van der Waals surface area contributed by atoms with Crippen LogP contribution >= 0.6 is 11.3 Å². The van der Waals surface area contributed by atoms with Crippen molar-refractivity contribution in [2.45, 2.75) is 6.92 Å². The van der Waals surface area contributed by atoms with E-state index in [1.807, 2.05) is 12.3 Å². The predicted molar refractivity (Wildman–Crippen MR) is 61.0 cm³/mol. The smallest absolute Gasteiger partial charge is 0.345 e. The number of carboxylic acid groups (broad SMARTS) is 1. The van der Waals surface area contributed by atoms with E-state index in [2.05, 4.69) is 4.90 Å². The van der Waals surface area contributed by atoms with Crippen LogP contribution in [-0.4, -0.2) is 37.9 Å². The summed E-state index contributed by atoms with van der Waals surface area (Å²) in [4.78, 5) is 13.2. The average Bonchev–Trinajstić information content (AvgIpc) is 2.68. The van der Waals surface area contributed by atoms with Crippen LogP contribution < -0.4 is 4.90 Å². The number of carbonyl (C=O) groups is 1. The van der Waals surface area contributed by atoms with Crippen molar-refractivity contribution in [1.82, 2.24) is 0 Å². The number of anilines is 1. The maximum atomic E-state index is 10.7. The Hall–Kier alpha value is -1.07. The first-order valence-corrected chi connectivity index (χ1v) is 5.62. The Labute approximate surface area is 93.1 Å². The lowest BCUT2D eigenvalue weighted by Gasteiger charge is -2.20. The summed E-state index contributed by atoms with van der Waals surface area (Å²) in [7, 11) is 1.66. The molecule has 84 valence electrons. The molecule has 0 aliphatic carbocycles. The van der Waals surface area contributed by atoms with Crippen LogP contribution in [-0.2, 0) is 4.74 Å². The minimum Gasteiger partial charge on any atom is -0.477 e. The number of nitrogens with zero attached hydrogens (tertiary/aromatic N) is 1. The first-order chi connectivity index (χ1) is 7.19. The van der Waals surface area contributed by atoms with E-state index in [0.717, 1.165) is 18.8 Å². The van der Waals surface area contributed by atoms with Crippen molar-refractivity contribution < 1.29 is 14.6 Å². The number of ether oxygens (including phenoxy) is 1. The second-order valence-electron chi connectivity index (χ2n) is 3.05. The van der Waals surface area contributed by atoms with Crippen LogP contribution in [0, 0.1) is 0 Å². The van der Waals surface area contributed by atoms with Crippen molar-refractivity contribution >= 4 is 23.0 Å². The Morgan fingerprint density at radius 3 is 2.87 bits per heavy atom. The number of rotatable bonds is 6. The number of aromatic carboxylic acids is 1. The zero-order chi connectivity index (χ0) is 11.3. The Morgan fingerprint density at radius 1 is 1.67 bits per heavy atom. The molecule has 0 aromatic carbocycles. The fourth-order valence-electron chi connectivity index (χ4n) is 1.28. The molecule has 0 fully saturated rings. The molecule has 4 nitrogen and oxygen atoms in total. The van der Waals surface area contributed by atoms with Gasteiger partial charge in [-0.2, -0.15) is 0 Å². The summed E-state index contributed by atoms with van der Waals surface area (Å²) < 4.78 is 5.00. The molecule has 1 aromatic heterocycles.